The van der Waals surface area contributed by atoms with E-state index in [0.717, 1.165) is 25.3 Å². The molecule has 2 nitrogen and oxygen atoms in total. The topological polar surface area (TPSA) is 24.1 Å². The molecule has 18 heavy (non-hydrogen) atoms. The molecule has 0 spiro atoms. The fourth-order valence-corrected chi connectivity index (χ4v) is 3.02. The summed E-state index contributed by atoms with van der Waals surface area (Å²) < 4.78 is 0. The van der Waals surface area contributed by atoms with Crippen molar-refractivity contribution in [1.82, 2.24) is 10.6 Å². The number of nitrogens with one attached hydrogen (secondary N) is 2. The second kappa shape index (κ2) is 7.82. The van der Waals surface area contributed by atoms with E-state index in [2.05, 4.69) is 41.8 Å². The third kappa shape index (κ3) is 4.63. The van der Waals surface area contributed by atoms with Crippen molar-refractivity contribution < 1.29 is 0 Å². The minimum absolute atomic E-state index is 0.702. The number of hydrogen-bond acceptors (Lipinski definition) is 3. The van der Waals surface area contributed by atoms with Crippen LogP contribution >= 0.6 is 11.8 Å². The Morgan fingerprint density at radius 1 is 1.33 bits per heavy atom. The van der Waals surface area contributed by atoms with Gasteiger partial charge in [0.15, 0.2) is 0 Å². The van der Waals surface area contributed by atoms with Crippen molar-refractivity contribution >= 4 is 11.8 Å². The highest BCUT2D eigenvalue weighted by atomic mass is 32.2. The van der Waals surface area contributed by atoms with Gasteiger partial charge in [-0.3, -0.25) is 0 Å². The Hall–Kier alpha value is -0.510. The van der Waals surface area contributed by atoms with Crippen LogP contribution in [-0.2, 0) is 6.42 Å². The van der Waals surface area contributed by atoms with Crippen LogP contribution in [0.1, 0.15) is 25.3 Å². The quantitative estimate of drug-likeness (QED) is 0.585. The fourth-order valence-electron chi connectivity index (χ4n) is 2.36. The van der Waals surface area contributed by atoms with Crippen LogP contribution in [0.2, 0.25) is 0 Å². The van der Waals surface area contributed by atoms with Gasteiger partial charge in [-0.2, -0.15) is 0 Å². The highest BCUT2D eigenvalue weighted by Gasteiger charge is 2.12. The van der Waals surface area contributed by atoms with E-state index in [9.17, 15) is 0 Å². The van der Waals surface area contributed by atoms with E-state index in [1.54, 1.807) is 0 Å². The van der Waals surface area contributed by atoms with Crippen LogP contribution in [0.15, 0.2) is 29.2 Å². The molecule has 1 atom stereocenters. The molecule has 2 rings (SSSR count). The lowest BCUT2D eigenvalue weighted by Gasteiger charge is -2.11. The van der Waals surface area contributed by atoms with Crippen LogP contribution in [0.3, 0.4) is 0 Å². The van der Waals surface area contributed by atoms with Crippen molar-refractivity contribution in [3.05, 3.63) is 29.8 Å². The van der Waals surface area contributed by atoms with Crippen molar-refractivity contribution in [1.29, 1.82) is 0 Å². The van der Waals surface area contributed by atoms with E-state index < -0.39 is 0 Å². The average Bonchev–Trinajstić information content (AvgIpc) is 2.90. The molecule has 2 N–H and O–H groups in total. The van der Waals surface area contributed by atoms with Crippen molar-refractivity contribution in [3.63, 3.8) is 0 Å². The van der Waals surface area contributed by atoms with Gasteiger partial charge in [-0.05, 0) is 55.8 Å². The summed E-state index contributed by atoms with van der Waals surface area (Å²) in [4.78, 5) is 1.38. The molecule has 1 aromatic carbocycles. The van der Waals surface area contributed by atoms with Crippen LogP contribution in [-0.4, -0.2) is 31.4 Å². The van der Waals surface area contributed by atoms with Gasteiger partial charge >= 0.3 is 0 Å². The maximum atomic E-state index is 3.55. The molecule has 1 aliphatic rings. The maximum absolute atomic E-state index is 3.55. The molecule has 1 aromatic rings. The highest BCUT2D eigenvalue weighted by molar-refractivity contribution is 7.99. The van der Waals surface area contributed by atoms with Gasteiger partial charge in [-0.15, -0.1) is 11.8 Å². The van der Waals surface area contributed by atoms with Crippen molar-refractivity contribution in [2.75, 3.05) is 25.4 Å². The van der Waals surface area contributed by atoms with E-state index in [-0.39, 0.29) is 0 Å². The van der Waals surface area contributed by atoms with Crippen LogP contribution in [0.25, 0.3) is 0 Å². The van der Waals surface area contributed by atoms with Gasteiger partial charge in [0.2, 0.25) is 0 Å². The van der Waals surface area contributed by atoms with Gasteiger partial charge in [0.1, 0.15) is 0 Å². The van der Waals surface area contributed by atoms with Crippen molar-refractivity contribution in [2.45, 2.75) is 37.1 Å². The lowest BCUT2D eigenvalue weighted by atomic mass is 10.1. The predicted octanol–water partition coefficient (Wildman–Crippen LogP) is 2.68. The molecule has 3 heteroatoms. The fraction of sp³-hybridized carbons (Fsp3) is 0.600. The Kier molecular flexibility index (Phi) is 6.05. The number of rotatable bonds is 7. The maximum Gasteiger partial charge on any atom is 0.0192 e. The number of thioether (sulfide) groups is 1. The monoisotopic (exact) mass is 264 g/mol. The average molecular weight is 264 g/mol. The zero-order chi connectivity index (χ0) is 12.6. The van der Waals surface area contributed by atoms with Gasteiger partial charge in [-0.1, -0.05) is 19.1 Å². The Morgan fingerprint density at radius 2 is 2.17 bits per heavy atom. The van der Waals surface area contributed by atoms with E-state index in [1.165, 1.54) is 29.8 Å². The van der Waals surface area contributed by atoms with Gasteiger partial charge in [0, 0.05) is 17.5 Å². The first-order valence-electron chi connectivity index (χ1n) is 7.04. The summed E-state index contributed by atoms with van der Waals surface area (Å²) in [6.45, 7) is 5.59. The van der Waals surface area contributed by atoms with Gasteiger partial charge in [0.25, 0.3) is 0 Å². The number of hydrogen-bond donors (Lipinski definition) is 2. The van der Waals surface area contributed by atoms with Gasteiger partial charge in [0.05, 0.1) is 0 Å². The first-order valence-corrected chi connectivity index (χ1v) is 8.03. The Labute approximate surface area is 115 Å². The van der Waals surface area contributed by atoms with Gasteiger partial charge < -0.3 is 10.6 Å². The number of benzene rings is 1. The summed E-state index contributed by atoms with van der Waals surface area (Å²) in [5.74, 6) is 1.15. The third-order valence-corrected chi connectivity index (χ3v) is 4.27. The molecular formula is C15H24N2S. The lowest BCUT2D eigenvalue weighted by molar-refractivity contribution is 0.537. The van der Waals surface area contributed by atoms with Crippen LogP contribution in [0.4, 0.5) is 0 Å². The van der Waals surface area contributed by atoms with E-state index in [0.29, 0.717) is 6.04 Å². The van der Waals surface area contributed by atoms with E-state index in [4.69, 9.17) is 0 Å². The summed E-state index contributed by atoms with van der Waals surface area (Å²) in [6.07, 6.45) is 3.79. The Balaban J connectivity index is 1.63. The molecule has 0 bridgehead atoms. The second-order valence-electron chi connectivity index (χ2n) is 4.82. The summed E-state index contributed by atoms with van der Waals surface area (Å²) in [5.41, 5.74) is 1.43. The molecule has 100 valence electrons. The summed E-state index contributed by atoms with van der Waals surface area (Å²) in [6, 6.07) is 9.69. The third-order valence-electron chi connectivity index (χ3n) is 3.38. The SMILES string of the molecule is CCSc1ccc(CCNCC2CCCN2)cc1. The van der Waals surface area contributed by atoms with Crippen LogP contribution in [0, 0.1) is 0 Å². The smallest absolute Gasteiger partial charge is 0.0192 e. The molecule has 0 aromatic heterocycles. The molecule has 1 unspecified atom stereocenters. The summed E-state index contributed by atoms with van der Waals surface area (Å²) in [7, 11) is 0. The first kappa shape index (κ1) is 13.9. The van der Waals surface area contributed by atoms with E-state index in [1.807, 2.05) is 11.8 Å². The first-order chi connectivity index (χ1) is 8.88. The van der Waals surface area contributed by atoms with Crippen molar-refractivity contribution in [3.8, 4) is 0 Å². The highest BCUT2D eigenvalue weighted by Crippen LogP contribution is 2.17. The molecule has 1 fully saturated rings. The molecule has 0 saturated carbocycles. The van der Waals surface area contributed by atoms with Crippen molar-refractivity contribution in [2.24, 2.45) is 0 Å². The lowest BCUT2D eigenvalue weighted by Crippen LogP contribution is -2.34. The van der Waals surface area contributed by atoms with Crippen LogP contribution < -0.4 is 10.6 Å². The minimum atomic E-state index is 0.702. The zero-order valence-corrected chi connectivity index (χ0v) is 12.1. The standard InChI is InChI=1S/C15H24N2S/c1-2-18-15-7-5-13(6-8-15)9-11-16-12-14-4-3-10-17-14/h5-8,14,16-17H,2-4,9-12H2,1H3. The van der Waals surface area contributed by atoms with Crippen LogP contribution in [0.5, 0.6) is 0 Å². The Bertz CT molecular complexity index is 331. The molecule has 1 aliphatic heterocycles. The molecular weight excluding hydrogens is 240 g/mol. The molecule has 1 heterocycles. The molecule has 0 amide bonds. The summed E-state index contributed by atoms with van der Waals surface area (Å²) in [5, 5.41) is 7.06. The normalized spacial score (nSPS) is 19.3. The van der Waals surface area contributed by atoms with E-state index >= 15 is 0 Å². The Morgan fingerprint density at radius 3 is 2.83 bits per heavy atom. The summed E-state index contributed by atoms with van der Waals surface area (Å²) >= 11 is 1.91. The minimum Gasteiger partial charge on any atom is -0.315 e. The molecule has 0 radical (unpaired) electrons. The van der Waals surface area contributed by atoms with Gasteiger partial charge in [-0.25, -0.2) is 0 Å². The molecule has 0 aliphatic carbocycles. The second-order valence-corrected chi connectivity index (χ2v) is 6.16. The zero-order valence-electron chi connectivity index (χ0n) is 11.2. The predicted molar refractivity (Wildman–Crippen MR) is 80.4 cm³/mol. The largest absolute Gasteiger partial charge is 0.315 e. The molecule has 1 saturated heterocycles.